The van der Waals surface area contributed by atoms with Gasteiger partial charge in [-0.1, -0.05) is 23.2 Å². The van der Waals surface area contributed by atoms with Crippen molar-refractivity contribution in [2.24, 2.45) is 0 Å². The molecule has 1 heterocycles. The number of pyridine rings is 1. The molecule has 8 heteroatoms. The fourth-order valence-electron chi connectivity index (χ4n) is 2.97. The topological polar surface area (TPSA) is 74.7 Å². The number of amides is 1. The van der Waals surface area contributed by atoms with Gasteiger partial charge in [-0.2, -0.15) is 0 Å². The van der Waals surface area contributed by atoms with Gasteiger partial charge in [-0.3, -0.25) is 4.79 Å². The number of nitrogens with one attached hydrogen (secondary N) is 1. The molecule has 2 N–H and O–H groups in total. The van der Waals surface area contributed by atoms with Crippen LogP contribution < -0.4 is 15.0 Å². The highest BCUT2D eigenvalue weighted by molar-refractivity contribution is 6.35. The average Bonchev–Trinajstić information content (AvgIpc) is 2.74. The number of ether oxygens (including phenoxy) is 1. The quantitative estimate of drug-likeness (QED) is 0.461. The summed E-state index contributed by atoms with van der Waals surface area (Å²) in [5.74, 6) is 0.874. The molecule has 3 rings (SSSR count). The lowest BCUT2D eigenvalue weighted by atomic mass is 10.1. The number of benzene rings is 2. The van der Waals surface area contributed by atoms with Gasteiger partial charge < -0.3 is 20.1 Å². The van der Waals surface area contributed by atoms with Crippen LogP contribution in [0.1, 0.15) is 24.2 Å². The van der Waals surface area contributed by atoms with E-state index in [-0.39, 0.29) is 25.2 Å². The van der Waals surface area contributed by atoms with Gasteiger partial charge in [0.15, 0.2) is 5.82 Å². The summed E-state index contributed by atoms with van der Waals surface area (Å²) in [6.45, 7) is 3.96. The maximum Gasteiger partial charge on any atom is 0.255 e. The summed E-state index contributed by atoms with van der Waals surface area (Å²) in [4.78, 5) is 18.8. The number of hydrogen-bond donors (Lipinski definition) is 2. The Bertz CT molecular complexity index is 1040. The summed E-state index contributed by atoms with van der Waals surface area (Å²) in [5, 5.41) is 13.2. The average molecular weight is 460 g/mol. The standard InChI is InChI=1S/C23H23Cl2N3O3/c1-15(2)31-18-8-6-17(7-9-18)27-23(30)16-5-10-19(24)21(14-16)28(12-13-29)22-20(25)4-3-11-26-22/h3-11,14-15,29H,12-13H2,1-2H3,(H,27,30). The van der Waals surface area contributed by atoms with Crippen molar-refractivity contribution in [1.82, 2.24) is 4.98 Å². The van der Waals surface area contributed by atoms with Crippen molar-refractivity contribution in [3.8, 4) is 5.75 Å². The molecule has 0 aliphatic heterocycles. The summed E-state index contributed by atoms with van der Waals surface area (Å²) in [7, 11) is 0. The molecule has 1 amide bonds. The van der Waals surface area contributed by atoms with Crippen LogP contribution in [0.5, 0.6) is 5.75 Å². The Hall–Kier alpha value is -2.80. The highest BCUT2D eigenvalue weighted by atomic mass is 35.5. The molecule has 0 saturated heterocycles. The van der Waals surface area contributed by atoms with Gasteiger partial charge in [-0.15, -0.1) is 0 Å². The number of aliphatic hydroxyl groups excluding tert-OH is 1. The summed E-state index contributed by atoms with van der Waals surface area (Å²) in [6, 6.07) is 15.5. The van der Waals surface area contributed by atoms with Gasteiger partial charge in [0.2, 0.25) is 0 Å². The second kappa shape index (κ2) is 10.5. The number of rotatable bonds is 8. The zero-order chi connectivity index (χ0) is 22.4. The number of nitrogens with zero attached hydrogens (tertiary/aromatic N) is 2. The number of carbonyl (C=O) groups excluding carboxylic acids is 1. The Morgan fingerprint density at radius 3 is 2.52 bits per heavy atom. The largest absolute Gasteiger partial charge is 0.491 e. The molecule has 2 aromatic carbocycles. The minimum Gasteiger partial charge on any atom is -0.491 e. The third-order valence-corrected chi connectivity index (χ3v) is 4.92. The van der Waals surface area contributed by atoms with E-state index in [2.05, 4.69) is 10.3 Å². The van der Waals surface area contributed by atoms with E-state index in [9.17, 15) is 9.90 Å². The van der Waals surface area contributed by atoms with Crippen LogP contribution >= 0.6 is 23.2 Å². The van der Waals surface area contributed by atoms with E-state index in [4.69, 9.17) is 27.9 Å². The molecule has 3 aromatic rings. The molecule has 0 aliphatic carbocycles. The predicted octanol–water partition coefficient (Wildman–Crippen LogP) is 5.56. The Balaban J connectivity index is 1.85. The van der Waals surface area contributed by atoms with Gasteiger partial charge in [0.05, 0.1) is 28.4 Å². The molecule has 0 spiro atoms. The lowest BCUT2D eigenvalue weighted by Crippen LogP contribution is -2.23. The second-order valence-corrected chi connectivity index (χ2v) is 7.81. The molecule has 31 heavy (non-hydrogen) atoms. The van der Waals surface area contributed by atoms with E-state index in [1.54, 1.807) is 65.7 Å². The van der Waals surface area contributed by atoms with Crippen molar-refractivity contribution >= 4 is 46.3 Å². The van der Waals surface area contributed by atoms with Gasteiger partial charge in [-0.05, 0) is 68.4 Å². The normalized spacial score (nSPS) is 10.8. The maximum atomic E-state index is 12.8. The van der Waals surface area contributed by atoms with E-state index in [1.165, 1.54) is 0 Å². The number of carbonyl (C=O) groups is 1. The lowest BCUT2D eigenvalue weighted by Gasteiger charge is -2.25. The molecule has 162 valence electrons. The van der Waals surface area contributed by atoms with Crippen LogP contribution in [0.2, 0.25) is 10.0 Å². The molecular formula is C23H23Cl2N3O3. The third kappa shape index (κ3) is 5.88. The molecule has 0 fully saturated rings. The van der Waals surface area contributed by atoms with Crippen LogP contribution in [0.15, 0.2) is 60.8 Å². The first-order valence-corrected chi connectivity index (χ1v) is 10.5. The molecule has 0 aliphatic rings. The monoisotopic (exact) mass is 459 g/mol. The molecule has 0 unspecified atom stereocenters. The Kier molecular flexibility index (Phi) is 7.74. The van der Waals surface area contributed by atoms with Gasteiger partial charge >= 0.3 is 0 Å². The van der Waals surface area contributed by atoms with Crippen molar-refractivity contribution in [3.05, 3.63) is 76.4 Å². The first-order valence-electron chi connectivity index (χ1n) is 9.75. The van der Waals surface area contributed by atoms with Crippen LogP contribution in [0.25, 0.3) is 0 Å². The highest BCUT2D eigenvalue weighted by Gasteiger charge is 2.18. The molecular weight excluding hydrogens is 437 g/mol. The van der Waals surface area contributed by atoms with Gasteiger partial charge in [0.25, 0.3) is 5.91 Å². The molecule has 6 nitrogen and oxygen atoms in total. The van der Waals surface area contributed by atoms with Gasteiger partial charge in [-0.25, -0.2) is 4.98 Å². The fourth-order valence-corrected chi connectivity index (χ4v) is 3.41. The number of anilines is 3. The molecule has 0 bridgehead atoms. The second-order valence-electron chi connectivity index (χ2n) is 7.00. The molecule has 0 saturated carbocycles. The molecule has 0 atom stereocenters. The van der Waals surface area contributed by atoms with Crippen molar-refractivity contribution in [2.75, 3.05) is 23.4 Å². The zero-order valence-electron chi connectivity index (χ0n) is 17.2. The van der Waals surface area contributed by atoms with Crippen molar-refractivity contribution in [2.45, 2.75) is 20.0 Å². The third-order valence-electron chi connectivity index (χ3n) is 4.30. The first kappa shape index (κ1) is 22.9. The zero-order valence-corrected chi connectivity index (χ0v) is 18.7. The van der Waals surface area contributed by atoms with E-state index >= 15 is 0 Å². The van der Waals surface area contributed by atoms with E-state index in [0.29, 0.717) is 32.8 Å². The smallest absolute Gasteiger partial charge is 0.255 e. The van der Waals surface area contributed by atoms with Crippen LogP contribution in [0.3, 0.4) is 0 Å². The Labute approximate surface area is 191 Å². The van der Waals surface area contributed by atoms with Gasteiger partial charge in [0.1, 0.15) is 5.75 Å². The van der Waals surface area contributed by atoms with Gasteiger partial charge in [0, 0.05) is 24.0 Å². The van der Waals surface area contributed by atoms with E-state index < -0.39 is 0 Å². The number of halogens is 2. The predicted molar refractivity (Wildman–Crippen MR) is 125 cm³/mol. The maximum absolute atomic E-state index is 12.8. The minimum absolute atomic E-state index is 0.0717. The van der Waals surface area contributed by atoms with Crippen molar-refractivity contribution in [1.29, 1.82) is 0 Å². The fraction of sp³-hybridized carbons (Fsp3) is 0.217. The Morgan fingerprint density at radius 2 is 1.87 bits per heavy atom. The summed E-state index contributed by atoms with van der Waals surface area (Å²) < 4.78 is 5.62. The summed E-state index contributed by atoms with van der Waals surface area (Å²) in [5.41, 5.74) is 1.55. The van der Waals surface area contributed by atoms with Crippen molar-refractivity contribution in [3.63, 3.8) is 0 Å². The SMILES string of the molecule is CC(C)Oc1ccc(NC(=O)c2ccc(Cl)c(N(CCO)c3ncccc3Cl)c2)cc1. The first-order chi connectivity index (χ1) is 14.9. The number of hydrogen-bond acceptors (Lipinski definition) is 5. The summed E-state index contributed by atoms with van der Waals surface area (Å²) in [6.07, 6.45) is 1.67. The van der Waals surface area contributed by atoms with Crippen LogP contribution in [-0.4, -0.2) is 35.3 Å². The lowest BCUT2D eigenvalue weighted by molar-refractivity contribution is 0.102. The highest BCUT2D eigenvalue weighted by Crippen LogP contribution is 2.35. The van der Waals surface area contributed by atoms with E-state index in [1.807, 2.05) is 13.8 Å². The van der Waals surface area contributed by atoms with Crippen LogP contribution in [-0.2, 0) is 0 Å². The Morgan fingerprint density at radius 1 is 1.13 bits per heavy atom. The van der Waals surface area contributed by atoms with Crippen molar-refractivity contribution < 1.29 is 14.6 Å². The van der Waals surface area contributed by atoms with Crippen LogP contribution in [0.4, 0.5) is 17.2 Å². The summed E-state index contributed by atoms with van der Waals surface area (Å²) >= 11 is 12.7. The molecule has 1 aromatic heterocycles. The minimum atomic E-state index is -0.300. The van der Waals surface area contributed by atoms with E-state index in [0.717, 1.165) is 5.75 Å². The number of aliphatic hydroxyl groups is 1. The van der Waals surface area contributed by atoms with Crippen LogP contribution in [0, 0.1) is 0 Å². The number of aromatic nitrogens is 1. The molecule has 0 radical (unpaired) electrons.